The monoisotopic (exact) mass is 481 g/mol. The van der Waals surface area contributed by atoms with Crippen molar-refractivity contribution >= 4 is 57.5 Å². The smallest absolute Gasteiger partial charge is 0.235 e. The Labute approximate surface area is 199 Å². The Morgan fingerprint density at radius 1 is 1.44 bits per heavy atom. The lowest BCUT2D eigenvalue weighted by Crippen LogP contribution is -2.20. The highest BCUT2D eigenvalue weighted by Crippen LogP contribution is 2.47. The number of carbonyl (C=O) groups is 1. The van der Waals surface area contributed by atoms with E-state index in [9.17, 15) is 10.1 Å². The third-order valence-corrected chi connectivity index (χ3v) is 8.76. The van der Waals surface area contributed by atoms with Crippen LogP contribution in [0.1, 0.15) is 46.7 Å². The summed E-state index contributed by atoms with van der Waals surface area (Å²) in [5.41, 5.74) is 3.78. The number of fused-ring (bicyclic) bond motifs is 1. The van der Waals surface area contributed by atoms with Crippen molar-refractivity contribution < 1.29 is 4.79 Å². The maximum absolute atomic E-state index is 12.6. The number of rotatable bonds is 6. The SMILES string of the molecule is Cc1ccsc1C=CC1=Cc2c(sc(NC(=O)CSc3nncn3C)c2C#N)C(C)(C)C1. The van der Waals surface area contributed by atoms with Gasteiger partial charge >= 0.3 is 0 Å². The summed E-state index contributed by atoms with van der Waals surface area (Å²) in [6.07, 6.45) is 8.87. The molecule has 9 heteroatoms. The second kappa shape index (κ2) is 9.06. The average molecular weight is 482 g/mol. The Balaban J connectivity index is 1.58. The van der Waals surface area contributed by atoms with Gasteiger partial charge in [-0.1, -0.05) is 31.7 Å². The summed E-state index contributed by atoms with van der Waals surface area (Å²) < 4.78 is 1.77. The van der Waals surface area contributed by atoms with Gasteiger partial charge in [0.15, 0.2) is 5.16 Å². The molecule has 0 aromatic carbocycles. The van der Waals surface area contributed by atoms with Gasteiger partial charge in [-0.15, -0.1) is 32.9 Å². The Kier molecular flexibility index (Phi) is 6.38. The first-order valence-corrected chi connectivity index (χ1v) is 12.7. The number of nitrogens with one attached hydrogen (secondary N) is 1. The van der Waals surface area contributed by atoms with Crippen LogP contribution in [0.5, 0.6) is 0 Å². The molecule has 3 aromatic heterocycles. The second-order valence-electron chi connectivity index (χ2n) is 8.30. The molecule has 3 heterocycles. The third-order valence-electron chi connectivity index (χ3n) is 5.25. The normalized spacial score (nSPS) is 14.8. The highest BCUT2D eigenvalue weighted by Gasteiger charge is 2.33. The molecular weight excluding hydrogens is 458 g/mol. The third kappa shape index (κ3) is 4.58. The van der Waals surface area contributed by atoms with Gasteiger partial charge in [0.25, 0.3) is 0 Å². The first-order valence-electron chi connectivity index (χ1n) is 10.1. The van der Waals surface area contributed by atoms with Gasteiger partial charge < -0.3 is 9.88 Å². The van der Waals surface area contributed by atoms with Crippen LogP contribution in [0, 0.1) is 18.3 Å². The van der Waals surface area contributed by atoms with E-state index in [0.717, 1.165) is 16.9 Å². The van der Waals surface area contributed by atoms with Crippen molar-refractivity contribution in [3.63, 3.8) is 0 Å². The van der Waals surface area contributed by atoms with E-state index in [1.54, 1.807) is 22.2 Å². The number of thioether (sulfide) groups is 1. The number of thiophene rings is 2. The zero-order valence-electron chi connectivity index (χ0n) is 18.3. The molecule has 0 aliphatic heterocycles. The molecule has 1 N–H and O–H groups in total. The number of nitriles is 1. The number of anilines is 1. The van der Waals surface area contributed by atoms with E-state index in [1.807, 2.05) is 7.05 Å². The van der Waals surface area contributed by atoms with Crippen molar-refractivity contribution in [1.29, 1.82) is 5.26 Å². The molecular formula is C23H23N5OS3. The zero-order valence-corrected chi connectivity index (χ0v) is 20.7. The number of carbonyl (C=O) groups excluding carboxylic acids is 1. The highest BCUT2D eigenvalue weighted by atomic mass is 32.2. The van der Waals surface area contributed by atoms with Crippen LogP contribution >= 0.6 is 34.4 Å². The predicted octanol–water partition coefficient (Wildman–Crippen LogP) is 5.63. The molecule has 0 unspecified atom stereocenters. The quantitative estimate of drug-likeness (QED) is 0.462. The van der Waals surface area contributed by atoms with E-state index < -0.39 is 0 Å². The summed E-state index contributed by atoms with van der Waals surface area (Å²) >= 11 is 4.54. The molecule has 3 aromatic rings. The molecule has 0 atom stereocenters. The first kappa shape index (κ1) is 22.5. The standard InChI is InChI=1S/C23H23N5OS3/c1-14-7-8-30-18(14)6-5-15-9-16-17(11-24)21(32-20(16)23(2,3)10-15)26-19(29)12-31-22-27-25-13-28(22)4/h5-9,13H,10,12H2,1-4H3,(H,26,29). The van der Waals surface area contributed by atoms with Crippen molar-refractivity contribution in [1.82, 2.24) is 14.8 Å². The van der Waals surface area contributed by atoms with Crippen LogP contribution in [-0.2, 0) is 17.3 Å². The van der Waals surface area contributed by atoms with E-state index in [4.69, 9.17) is 0 Å². The summed E-state index contributed by atoms with van der Waals surface area (Å²) in [6.45, 7) is 6.49. The van der Waals surface area contributed by atoms with Crippen molar-refractivity contribution in [2.24, 2.45) is 7.05 Å². The molecule has 0 bridgehead atoms. The van der Waals surface area contributed by atoms with Gasteiger partial charge in [-0.25, -0.2) is 0 Å². The molecule has 0 fully saturated rings. The minimum Gasteiger partial charge on any atom is -0.316 e. The van der Waals surface area contributed by atoms with Gasteiger partial charge in [0, 0.05) is 27.8 Å². The minimum atomic E-state index is -0.164. The van der Waals surface area contributed by atoms with Gasteiger partial charge in [0.2, 0.25) is 5.91 Å². The molecule has 1 amide bonds. The fourth-order valence-corrected chi connectivity index (χ4v) is 6.40. The Hall–Kier alpha value is -2.67. The van der Waals surface area contributed by atoms with Crippen LogP contribution in [0.4, 0.5) is 5.00 Å². The number of allylic oxidation sites excluding steroid dienone is 2. The number of amides is 1. The Morgan fingerprint density at radius 2 is 2.25 bits per heavy atom. The van der Waals surface area contributed by atoms with Gasteiger partial charge in [-0.3, -0.25) is 4.79 Å². The lowest BCUT2D eigenvalue weighted by Gasteiger charge is -2.29. The fraction of sp³-hybridized carbons (Fsp3) is 0.304. The van der Waals surface area contributed by atoms with E-state index in [2.05, 4.69) is 72.0 Å². The molecule has 1 aliphatic carbocycles. The lowest BCUT2D eigenvalue weighted by molar-refractivity contribution is -0.113. The van der Waals surface area contributed by atoms with E-state index in [1.165, 1.54) is 39.1 Å². The Bertz CT molecular complexity index is 1270. The van der Waals surface area contributed by atoms with Gasteiger partial charge in [0.05, 0.1) is 11.3 Å². The summed E-state index contributed by atoms with van der Waals surface area (Å²) in [5, 5.41) is 24.0. The van der Waals surface area contributed by atoms with Crippen LogP contribution in [0.3, 0.4) is 0 Å². The zero-order chi connectivity index (χ0) is 22.9. The summed E-state index contributed by atoms with van der Waals surface area (Å²) in [7, 11) is 1.83. The van der Waals surface area contributed by atoms with E-state index >= 15 is 0 Å². The molecule has 4 rings (SSSR count). The Morgan fingerprint density at radius 3 is 2.91 bits per heavy atom. The van der Waals surface area contributed by atoms with Crippen LogP contribution in [0.2, 0.25) is 0 Å². The van der Waals surface area contributed by atoms with E-state index in [0.29, 0.717) is 15.7 Å². The number of hydrogen-bond donors (Lipinski definition) is 1. The average Bonchev–Trinajstić information content (AvgIpc) is 3.43. The second-order valence-corrected chi connectivity index (χ2v) is 11.2. The maximum Gasteiger partial charge on any atom is 0.235 e. The summed E-state index contributed by atoms with van der Waals surface area (Å²) in [4.78, 5) is 15.0. The van der Waals surface area contributed by atoms with Gasteiger partial charge in [0.1, 0.15) is 17.4 Å². The van der Waals surface area contributed by atoms with Crippen molar-refractivity contribution in [2.75, 3.05) is 11.1 Å². The molecule has 164 valence electrons. The molecule has 0 radical (unpaired) electrons. The van der Waals surface area contributed by atoms with Crippen molar-refractivity contribution in [3.8, 4) is 6.07 Å². The molecule has 1 aliphatic rings. The van der Waals surface area contributed by atoms with Crippen LogP contribution in [0.15, 0.2) is 34.6 Å². The predicted molar refractivity (Wildman–Crippen MR) is 133 cm³/mol. The van der Waals surface area contributed by atoms with Gasteiger partial charge in [-0.2, -0.15) is 5.26 Å². The number of aromatic nitrogens is 3. The molecule has 6 nitrogen and oxygen atoms in total. The maximum atomic E-state index is 12.6. The molecule has 0 saturated heterocycles. The van der Waals surface area contributed by atoms with E-state index in [-0.39, 0.29) is 17.1 Å². The summed E-state index contributed by atoms with van der Waals surface area (Å²) in [5.74, 6) is 0.0380. The van der Waals surface area contributed by atoms with Crippen LogP contribution in [-0.4, -0.2) is 26.4 Å². The largest absolute Gasteiger partial charge is 0.316 e. The number of nitrogens with zero attached hydrogens (tertiary/aromatic N) is 4. The fourth-order valence-electron chi connectivity index (χ4n) is 3.65. The molecule has 0 saturated carbocycles. The van der Waals surface area contributed by atoms with Crippen LogP contribution < -0.4 is 5.32 Å². The van der Waals surface area contributed by atoms with Crippen LogP contribution in [0.25, 0.3) is 12.2 Å². The molecule has 0 spiro atoms. The lowest BCUT2D eigenvalue weighted by atomic mass is 9.77. The number of hydrogen-bond acceptors (Lipinski definition) is 7. The van der Waals surface area contributed by atoms with Gasteiger partial charge in [-0.05, 0) is 48.1 Å². The highest BCUT2D eigenvalue weighted by molar-refractivity contribution is 7.99. The minimum absolute atomic E-state index is 0.124. The molecule has 32 heavy (non-hydrogen) atoms. The summed E-state index contributed by atoms with van der Waals surface area (Å²) in [6, 6.07) is 4.44. The number of aryl methyl sites for hydroxylation is 2. The van der Waals surface area contributed by atoms with Crippen molar-refractivity contribution in [3.05, 3.63) is 55.9 Å². The topological polar surface area (TPSA) is 83.6 Å². The van der Waals surface area contributed by atoms with Crippen molar-refractivity contribution in [2.45, 2.75) is 37.8 Å². The first-order chi connectivity index (χ1) is 15.3.